The van der Waals surface area contributed by atoms with Gasteiger partial charge in [0.05, 0.1) is 4.90 Å². The van der Waals surface area contributed by atoms with Crippen LogP contribution in [0.4, 0.5) is 0 Å². The Labute approximate surface area is 124 Å². The lowest BCUT2D eigenvalue weighted by Gasteiger charge is -2.07. The monoisotopic (exact) mass is 303 g/mol. The van der Waals surface area contributed by atoms with Gasteiger partial charge < -0.3 is 0 Å². The molecular weight excluding hydrogens is 286 g/mol. The molecule has 5 heteroatoms. The number of ketones is 1. The number of rotatable bonds is 4. The zero-order valence-electron chi connectivity index (χ0n) is 12.3. The zero-order valence-corrected chi connectivity index (χ0v) is 13.1. The van der Waals surface area contributed by atoms with Gasteiger partial charge in [-0.15, -0.1) is 0 Å². The second-order valence-corrected chi connectivity index (χ2v) is 7.05. The third kappa shape index (κ3) is 3.36. The van der Waals surface area contributed by atoms with E-state index in [1.165, 1.54) is 0 Å². The number of hydrogen-bond acceptors (Lipinski definition) is 4. The Morgan fingerprint density at radius 1 is 1.10 bits per heavy atom. The minimum absolute atomic E-state index is 0.181. The van der Waals surface area contributed by atoms with Crippen molar-refractivity contribution in [3.8, 4) is 0 Å². The topological polar surface area (TPSA) is 64.1 Å². The fraction of sp³-hybridized carbons (Fsp3) is 0.250. The van der Waals surface area contributed by atoms with Crippen LogP contribution in [0, 0.1) is 20.8 Å². The van der Waals surface area contributed by atoms with E-state index >= 15 is 0 Å². The average Bonchev–Trinajstić information content (AvgIpc) is 2.41. The predicted molar refractivity (Wildman–Crippen MR) is 81.3 cm³/mol. The number of carbonyl (C=O) groups excluding carboxylic acids is 1. The van der Waals surface area contributed by atoms with E-state index in [2.05, 4.69) is 4.98 Å². The van der Waals surface area contributed by atoms with E-state index in [4.69, 9.17) is 0 Å². The van der Waals surface area contributed by atoms with Crippen molar-refractivity contribution in [2.75, 3.05) is 5.75 Å². The van der Waals surface area contributed by atoms with Gasteiger partial charge in [-0.1, -0.05) is 6.07 Å². The van der Waals surface area contributed by atoms with Crippen molar-refractivity contribution in [1.29, 1.82) is 0 Å². The van der Waals surface area contributed by atoms with Crippen LogP contribution in [0.1, 0.15) is 27.2 Å². The molecule has 110 valence electrons. The van der Waals surface area contributed by atoms with E-state index < -0.39 is 21.4 Å². The molecule has 2 aromatic rings. The number of nitrogens with zero attached hydrogens (tertiary/aromatic N) is 1. The second-order valence-electron chi connectivity index (χ2n) is 5.06. The van der Waals surface area contributed by atoms with Gasteiger partial charge in [-0.3, -0.25) is 9.78 Å². The maximum absolute atomic E-state index is 12.3. The lowest BCUT2D eigenvalue weighted by atomic mass is 10.1. The molecule has 21 heavy (non-hydrogen) atoms. The molecule has 0 saturated carbocycles. The molecule has 1 heterocycles. The Morgan fingerprint density at radius 3 is 2.43 bits per heavy atom. The van der Waals surface area contributed by atoms with Gasteiger partial charge in [0.25, 0.3) is 0 Å². The number of benzene rings is 1. The molecule has 0 aliphatic rings. The van der Waals surface area contributed by atoms with E-state index in [0.29, 0.717) is 11.3 Å². The van der Waals surface area contributed by atoms with Crippen molar-refractivity contribution in [1.82, 2.24) is 4.98 Å². The summed E-state index contributed by atoms with van der Waals surface area (Å²) < 4.78 is 24.7. The molecule has 2 rings (SSSR count). The molecule has 0 radical (unpaired) electrons. The predicted octanol–water partition coefficient (Wildman–Crippen LogP) is 2.66. The van der Waals surface area contributed by atoms with E-state index in [1.54, 1.807) is 43.5 Å². The smallest absolute Gasteiger partial charge is 0.185 e. The lowest BCUT2D eigenvalue weighted by Crippen LogP contribution is -2.17. The Morgan fingerprint density at radius 2 is 1.81 bits per heavy atom. The van der Waals surface area contributed by atoms with Gasteiger partial charge in [-0.2, -0.15) is 0 Å². The first-order valence-corrected chi connectivity index (χ1v) is 8.21. The molecule has 4 nitrogen and oxygen atoms in total. The molecule has 0 bridgehead atoms. The normalized spacial score (nSPS) is 11.4. The second kappa shape index (κ2) is 5.77. The summed E-state index contributed by atoms with van der Waals surface area (Å²) in [4.78, 5) is 16.4. The maximum Gasteiger partial charge on any atom is 0.185 e. The highest BCUT2D eigenvalue weighted by atomic mass is 32.2. The number of sulfone groups is 1. The molecule has 0 saturated heterocycles. The average molecular weight is 303 g/mol. The van der Waals surface area contributed by atoms with Gasteiger partial charge in [-0.05, 0) is 56.2 Å². The summed E-state index contributed by atoms with van der Waals surface area (Å²) >= 11 is 0. The third-order valence-electron chi connectivity index (χ3n) is 3.47. The molecule has 0 aliphatic heterocycles. The van der Waals surface area contributed by atoms with Crippen LogP contribution in [0.15, 0.2) is 41.4 Å². The summed E-state index contributed by atoms with van der Waals surface area (Å²) in [5.41, 5.74) is 2.80. The Hall–Kier alpha value is -2.01. The quantitative estimate of drug-likeness (QED) is 0.815. The molecule has 0 atom stereocenters. The van der Waals surface area contributed by atoms with Crippen LogP contribution in [0.25, 0.3) is 0 Å². The van der Waals surface area contributed by atoms with Gasteiger partial charge in [0, 0.05) is 17.5 Å². The van der Waals surface area contributed by atoms with Crippen LogP contribution in [-0.4, -0.2) is 24.9 Å². The molecule has 0 spiro atoms. The zero-order chi connectivity index (χ0) is 15.6. The minimum atomic E-state index is -3.64. The highest BCUT2D eigenvalue weighted by Gasteiger charge is 2.22. The minimum Gasteiger partial charge on any atom is -0.293 e. The first-order chi connectivity index (χ1) is 9.81. The summed E-state index contributed by atoms with van der Waals surface area (Å²) in [6.45, 7) is 5.45. The van der Waals surface area contributed by atoms with E-state index in [0.717, 1.165) is 11.1 Å². The molecular formula is C16H17NO3S. The van der Waals surface area contributed by atoms with Crippen molar-refractivity contribution in [2.24, 2.45) is 0 Å². The van der Waals surface area contributed by atoms with E-state index in [-0.39, 0.29) is 4.90 Å². The molecule has 0 N–H and O–H groups in total. The van der Waals surface area contributed by atoms with Crippen LogP contribution < -0.4 is 0 Å². The van der Waals surface area contributed by atoms with Gasteiger partial charge in [0.15, 0.2) is 15.6 Å². The van der Waals surface area contributed by atoms with Gasteiger partial charge in [0.2, 0.25) is 0 Å². The summed E-state index contributed by atoms with van der Waals surface area (Å²) in [6.07, 6.45) is 1.57. The molecule has 0 unspecified atom stereocenters. The van der Waals surface area contributed by atoms with Gasteiger partial charge in [0.1, 0.15) is 5.75 Å². The first kappa shape index (κ1) is 15.4. The van der Waals surface area contributed by atoms with Crippen LogP contribution in [0.3, 0.4) is 0 Å². The standard InChI is InChI=1S/C16H17NO3S/c1-11-6-7-14(9-12(11)2)21(19,20)10-16(18)15-5-4-8-17-13(15)3/h4-9H,10H2,1-3H3. The molecule has 0 amide bonds. The Bertz CT molecular complexity index is 795. The number of Topliss-reactive ketones (excluding diaryl/α,β-unsaturated/α-hetero) is 1. The van der Waals surface area contributed by atoms with Crippen molar-refractivity contribution in [2.45, 2.75) is 25.7 Å². The first-order valence-electron chi connectivity index (χ1n) is 6.56. The van der Waals surface area contributed by atoms with Gasteiger partial charge >= 0.3 is 0 Å². The summed E-state index contributed by atoms with van der Waals surface area (Å²) in [5.74, 6) is -0.971. The Balaban J connectivity index is 2.31. The van der Waals surface area contributed by atoms with E-state index in [9.17, 15) is 13.2 Å². The third-order valence-corrected chi connectivity index (χ3v) is 5.08. The summed E-state index contributed by atoms with van der Waals surface area (Å²) in [7, 11) is -3.64. The maximum atomic E-state index is 12.3. The molecule has 1 aromatic heterocycles. The molecule has 0 fully saturated rings. The number of pyridine rings is 1. The Kier molecular flexibility index (Phi) is 4.23. The van der Waals surface area contributed by atoms with Crippen molar-refractivity contribution in [3.05, 3.63) is 58.9 Å². The van der Waals surface area contributed by atoms with Gasteiger partial charge in [-0.25, -0.2) is 8.42 Å². The molecule has 1 aromatic carbocycles. The lowest BCUT2D eigenvalue weighted by molar-refractivity contribution is 0.102. The highest BCUT2D eigenvalue weighted by Crippen LogP contribution is 2.17. The van der Waals surface area contributed by atoms with Crippen molar-refractivity contribution >= 4 is 15.6 Å². The van der Waals surface area contributed by atoms with Crippen LogP contribution >= 0.6 is 0 Å². The number of hydrogen-bond donors (Lipinski definition) is 0. The molecule has 0 aliphatic carbocycles. The van der Waals surface area contributed by atoms with Crippen LogP contribution in [-0.2, 0) is 9.84 Å². The number of carbonyl (C=O) groups is 1. The fourth-order valence-electron chi connectivity index (χ4n) is 2.02. The van der Waals surface area contributed by atoms with Crippen LogP contribution in [0.2, 0.25) is 0 Å². The number of aryl methyl sites for hydroxylation is 3. The largest absolute Gasteiger partial charge is 0.293 e. The van der Waals surface area contributed by atoms with Crippen molar-refractivity contribution < 1.29 is 13.2 Å². The van der Waals surface area contributed by atoms with Crippen LogP contribution in [0.5, 0.6) is 0 Å². The van der Waals surface area contributed by atoms with E-state index in [1.807, 2.05) is 13.8 Å². The highest BCUT2D eigenvalue weighted by molar-refractivity contribution is 7.92. The summed E-state index contributed by atoms with van der Waals surface area (Å²) in [6, 6.07) is 8.13. The fourth-order valence-corrected chi connectivity index (χ4v) is 3.32. The SMILES string of the molecule is Cc1ccc(S(=O)(=O)CC(=O)c2cccnc2C)cc1C. The van der Waals surface area contributed by atoms with Crippen molar-refractivity contribution in [3.63, 3.8) is 0 Å². The summed E-state index contributed by atoms with van der Waals surface area (Å²) in [5, 5.41) is 0. The number of aromatic nitrogens is 1.